The second-order valence-electron chi connectivity index (χ2n) is 6.25. The van der Waals surface area contributed by atoms with E-state index in [9.17, 15) is 0 Å². The maximum Gasteiger partial charge on any atom is 0.191 e. The van der Waals surface area contributed by atoms with Gasteiger partial charge in [0.15, 0.2) is 5.96 Å². The first kappa shape index (κ1) is 18.6. The van der Waals surface area contributed by atoms with E-state index in [0.29, 0.717) is 0 Å². The molecule has 2 rings (SSSR count). The normalized spacial score (nSPS) is 14.5. The number of nitrogens with one attached hydrogen (secondary N) is 2. The Morgan fingerprint density at radius 3 is 2.54 bits per heavy atom. The highest BCUT2D eigenvalue weighted by Crippen LogP contribution is 2.28. The van der Waals surface area contributed by atoms with E-state index in [0.717, 1.165) is 63.2 Å². The van der Waals surface area contributed by atoms with Gasteiger partial charge in [0.25, 0.3) is 0 Å². The van der Waals surface area contributed by atoms with Gasteiger partial charge >= 0.3 is 0 Å². The lowest BCUT2D eigenvalue weighted by molar-refractivity contribution is 0.129. The maximum absolute atomic E-state index is 5.61. The monoisotopic (exact) mass is 333 g/mol. The molecule has 0 heterocycles. The molecule has 0 radical (unpaired) electrons. The van der Waals surface area contributed by atoms with Gasteiger partial charge in [-0.25, -0.2) is 0 Å². The SMILES string of the molecule is CN=C(NCCCCc1ccc(OC)cc1)NCCOCC1CC1. The largest absolute Gasteiger partial charge is 0.497 e. The second kappa shape index (κ2) is 10.9. The van der Waals surface area contributed by atoms with Crippen molar-refractivity contribution < 1.29 is 9.47 Å². The third kappa shape index (κ3) is 7.68. The van der Waals surface area contributed by atoms with Crippen LogP contribution < -0.4 is 15.4 Å². The summed E-state index contributed by atoms with van der Waals surface area (Å²) in [6.45, 7) is 3.39. The minimum atomic E-state index is 0.745. The van der Waals surface area contributed by atoms with E-state index < -0.39 is 0 Å². The molecule has 24 heavy (non-hydrogen) atoms. The smallest absolute Gasteiger partial charge is 0.191 e. The Kier molecular flexibility index (Phi) is 8.46. The first-order valence-corrected chi connectivity index (χ1v) is 8.97. The highest BCUT2D eigenvalue weighted by molar-refractivity contribution is 5.79. The molecule has 1 aromatic carbocycles. The summed E-state index contributed by atoms with van der Waals surface area (Å²) in [5, 5.41) is 6.63. The number of ether oxygens (including phenoxy) is 2. The molecule has 5 nitrogen and oxygen atoms in total. The Balaban J connectivity index is 1.48. The van der Waals surface area contributed by atoms with Crippen LogP contribution in [-0.4, -0.2) is 46.4 Å². The van der Waals surface area contributed by atoms with E-state index in [2.05, 4.69) is 27.8 Å². The number of aliphatic imine (C=N–C) groups is 1. The minimum Gasteiger partial charge on any atom is -0.497 e. The van der Waals surface area contributed by atoms with Crippen LogP contribution in [0.4, 0.5) is 0 Å². The first-order chi connectivity index (χ1) is 11.8. The Morgan fingerprint density at radius 2 is 1.88 bits per heavy atom. The van der Waals surface area contributed by atoms with Crippen molar-refractivity contribution in [3.05, 3.63) is 29.8 Å². The van der Waals surface area contributed by atoms with Crippen LogP contribution in [0.25, 0.3) is 0 Å². The lowest BCUT2D eigenvalue weighted by Gasteiger charge is -2.12. The average Bonchev–Trinajstić information content (AvgIpc) is 3.44. The topological polar surface area (TPSA) is 54.9 Å². The Morgan fingerprint density at radius 1 is 1.12 bits per heavy atom. The van der Waals surface area contributed by atoms with Crippen LogP contribution in [0.5, 0.6) is 5.75 Å². The summed E-state index contributed by atoms with van der Waals surface area (Å²) in [6.07, 6.45) is 6.04. The number of aryl methyl sites for hydroxylation is 1. The Hall–Kier alpha value is -1.75. The molecule has 0 aliphatic heterocycles. The molecule has 0 spiro atoms. The molecule has 5 heteroatoms. The summed E-state index contributed by atoms with van der Waals surface area (Å²) in [6, 6.07) is 8.30. The molecule has 0 saturated heterocycles. The number of methoxy groups -OCH3 is 1. The van der Waals surface area contributed by atoms with Crippen LogP contribution in [0.3, 0.4) is 0 Å². The van der Waals surface area contributed by atoms with Gasteiger partial charge in [0.05, 0.1) is 13.7 Å². The van der Waals surface area contributed by atoms with E-state index in [1.807, 2.05) is 12.1 Å². The summed E-state index contributed by atoms with van der Waals surface area (Å²) in [4.78, 5) is 4.23. The van der Waals surface area contributed by atoms with Crippen LogP contribution in [0.2, 0.25) is 0 Å². The van der Waals surface area contributed by atoms with Gasteiger partial charge in [0.1, 0.15) is 5.75 Å². The summed E-state index contributed by atoms with van der Waals surface area (Å²) in [7, 11) is 3.50. The number of hydrogen-bond acceptors (Lipinski definition) is 3. The molecule has 0 aromatic heterocycles. The number of nitrogens with zero attached hydrogens (tertiary/aromatic N) is 1. The van der Waals surface area contributed by atoms with E-state index >= 15 is 0 Å². The molecule has 0 atom stereocenters. The summed E-state index contributed by atoms with van der Waals surface area (Å²) in [5.41, 5.74) is 1.35. The van der Waals surface area contributed by atoms with Crippen molar-refractivity contribution in [3.8, 4) is 5.75 Å². The summed E-state index contributed by atoms with van der Waals surface area (Å²) < 4.78 is 10.8. The van der Waals surface area contributed by atoms with Crippen molar-refractivity contribution in [2.75, 3.05) is 40.5 Å². The van der Waals surface area contributed by atoms with Gasteiger partial charge < -0.3 is 20.1 Å². The van der Waals surface area contributed by atoms with Gasteiger partial charge in [-0.15, -0.1) is 0 Å². The van der Waals surface area contributed by atoms with Gasteiger partial charge in [-0.1, -0.05) is 12.1 Å². The Bertz CT molecular complexity index is 484. The van der Waals surface area contributed by atoms with Gasteiger partial charge in [0, 0.05) is 26.7 Å². The van der Waals surface area contributed by atoms with Crippen LogP contribution in [-0.2, 0) is 11.2 Å². The molecule has 1 fully saturated rings. The number of rotatable bonds is 11. The molecule has 0 bridgehead atoms. The highest BCUT2D eigenvalue weighted by Gasteiger charge is 2.20. The molecule has 1 aliphatic rings. The van der Waals surface area contributed by atoms with Crippen molar-refractivity contribution in [1.82, 2.24) is 10.6 Å². The van der Waals surface area contributed by atoms with E-state index in [1.165, 1.54) is 18.4 Å². The van der Waals surface area contributed by atoms with Gasteiger partial charge in [-0.2, -0.15) is 0 Å². The predicted octanol–water partition coefficient (Wildman–Crippen LogP) is 2.61. The zero-order chi connectivity index (χ0) is 17.0. The summed E-state index contributed by atoms with van der Waals surface area (Å²) >= 11 is 0. The van der Waals surface area contributed by atoms with Crippen molar-refractivity contribution in [3.63, 3.8) is 0 Å². The van der Waals surface area contributed by atoms with E-state index in [4.69, 9.17) is 9.47 Å². The molecular formula is C19H31N3O2. The minimum absolute atomic E-state index is 0.745. The number of benzene rings is 1. The lowest BCUT2D eigenvalue weighted by Crippen LogP contribution is -2.39. The van der Waals surface area contributed by atoms with Crippen molar-refractivity contribution >= 4 is 5.96 Å². The molecule has 0 amide bonds. The fourth-order valence-corrected chi connectivity index (χ4v) is 2.45. The molecule has 0 unspecified atom stereocenters. The molecule has 1 aliphatic carbocycles. The van der Waals surface area contributed by atoms with E-state index in [-0.39, 0.29) is 0 Å². The predicted molar refractivity (Wildman–Crippen MR) is 98.8 cm³/mol. The standard InChI is InChI=1S/C19H31N3O2/c1-20-19(22-13-14-24-15-17-6-7-17)21-12-4-3-5-16-8-10-18(23-2)11-9-16/h8-11,17H,3-7,12-15H2,1-2H3,(H2,20,21,22). The molecule has 1 saturated carbocycles. The van der Waals surface area contributed by atoms with E-state index in [1.54, 1.807) is 14.2 Å². The van der Waals surface area contributed by atoms with Gasteiger partial charge in [-0.05, 0) is 55.7 Å². The lowest BCUT2D eigenvalue weighted by atomic mass is 10.1. The fourth-order valence-electron chi connectivity index (χ4n) is 2.45. The van der Waals surface area contributed by atoms with Crippen LogP contribution in [0, 0.1) is 5.92 Å². The van der Waals surface area contributed by atoms with Crippen molar-refractivity contribution in [2.24, 2.45) is 10.9 Å². The van der Waals surface area contributed by atoms with Crippen molar-refractivity contribution in [1.29, 1.82) is 0 Å². The zero-order valence-corrected chi connectivity index (χ0v) is 15.0. The third-order valence-electron chi connectivity index (χ3n) is 4.16. The van der Waals surface area contributed by atoms with Crippen LogP contribution in [0.1, 0.15) is 31.2 Å². The third-order valence-corrected chi connectivity index (χ3v) is 4.16. The van der Waals surface area contributed by atoms with Crippen LogP contribution >= 0.6 is 0 Å². The second-order valence-corrected chi connectivity index (χ2v) is 6.25. The van der Waals surface area contributed by atoms with Crippen molar-refractivity contribution in [2.45, 2.75) is 32.1 Å². The molecule has 2 N–H and O–H groups in total. The van der Waals surface area contributed by atoms with Gasteiger partial charge in [-0.3, -0.25) is 4.99 Å². The van der Waals surface area contributed by atoms with Gasteiger partial charge in [0.2, 0.25) is 0 Å². The zero-order valence-electron chi connectivity index (χ0n) is 15.0. The van der Waals surface area contributed by atoms with Crippen LogP contribution in [0.15, 0.2) is 29.3 Å². The molecule has 134 valence electrons. The molecular weight excluding hydrogens is 302 g/mol. The first-order valence-electron chi connectivity index (χ1n) is 8.97. The maximum atomic E-state index is 5.61. The number of unbranched alkanes of at least 4 members (excludes halogenated alkanes) is 1. The summed E-state index contributed by atoms with van der Waals surface area (Å²) in [5.74, 6) is 2.60. The Labute approximate surface area is 145 Å². The quantitative estimate of drug-likeness (QED) is 0.371. The average molecular weight is 333 g/mol. The highest BCUT2D eigenvalue weighted by atomic mass is 16.5. The number of hydrogen-bond donors (Lipinski definition) is 2. The molecule has 1 aromatic rings. The number of guanidine groups is 1. The fraction of sp³-hybridized carbons (Fsp3) is 0.632.